The topological polar surface area (TPSA) is 15.3 Å². The molecule has 104 valence electrons. The van der Waals surface area contributed by atoms with Gasteiger partial charge in [-0.1, -0.05) is 35.0 Å². The van der Waals surface area contributed by atoms with Gasteiger partial charge in [0.15, 0.2) is 0 Å². The van der Waals surface area contributed by atoms with Crippen LogP contribution in [0.25, 0.3) is 0 Å². The van der Waals surface area contributed by atoms with E-state index < -0.39 is 0 Å². The summed E-state index contributed by atoms with van der Waals surface area (Å²) in [6, 6.07) is 7.67. The van der Waals surface area contributed by atoms with Gasteiger partial charge in [0.25, 0.3) is 0 Å². The highest BCUT2D eigenvalue weighted by atomic mass is 79.9. The van der Waals surface area contributed by atoms with Crippen molar-refractivity contribution in [2.24, 2.45) is 0 Å². The van der Waals surface area contributed by atoms with Gasteiger partial charge in [0.1, 0.15) is 0 Å². The van der Waals surface area contributed by atoms with E-state index in [4.69, 9.17) is 0 Å². The van der Waals surface area contributed by atoms with Crippen LogP contribution >= 0.6 is 15.9 Å². The van der Waals surface area contributed by atoms with Crippen molar-refractivity contribution in [3.05, 3.63) is 40.9 Å². The minimum absolute atomic E-state index is 0.374. The second-order valence-corrected chi connectivity index (χ2v) is 6.07. The molecule has 3 heteroatoms. The molecule has 0 bridgehead atoms. The molecular weight excluding hydrogens is 300 g/mol. The van der Waals surface area contributed by atoms with Gasteiger partial charge in [-0.25, -0.2) is 0 Å². The molecule has 1 fully saturated rings. The molecule has 2 nitrogen and oxygen atoms in total. The summed E-state index contributed by atoms with van der Waals surface area (Å²) in [5, 5.41) is 3.51. The van der Waals surface area contributed by atoms with Crippen molar-refractivity contribution >= 4 is 21.6 Å². The molecule has 19 heavy (non-hydrogen) atoms. The lowest BCUT2D eigenvalue weighted by molar-refractivity contribution is 0.596. The lowest BCUT2D eigenvalue weighted by atomic mass is 10.0. The summed E-state index contributed by atoms with van der Waals surface area (Å²) < 4.78 is 1.14. The van der Waals surface area contributed by atoms with Gasteiger partial charge in [0.05, 0.1) is 0 Å². The van der Waals surface area contributed by atoms with Crippen molar-refractivity contribution in [3.8, 4) is 0 Å². The Hall–Kier alpha value is -0.800. The fourth-order valence-corrected chi connectivity index (χ4v) is 2.87. The second-order valence-electron chi connectivity index (χ2n) is 5.15. The van der Waals surface area contributed by atoms with Gasteiger partial charge in [-0.2, -0.15) is 0 Å². The maximum Gasteiger partial charge on any atom is 0.0431 e. The number of hydrogen-bond acceptors (Lipinski definition) is 2. The average Bonchev–Trinajstić information content (AvgIpc) is 3.20. The second kappa shape index (κ2) is 6.58. The Bertz CT molecular complexity index is 440. The Morgan fingerprint density at radius 3 is 2.84 bits per heavy atom. The van der Waals surface area contributed by atoms with Crippen molar-refractivity contribution in [1.29, 1.82) is 0 Å². The molecule has 1 N–H and O–H groups in total. The van der Waals surface area contributed by atoms with Crippen molar-refractivity contribution in [1.82, 2.24) is 5.32 Å². The minimum atomic E-state index is 0.374. The predicted octanol–water partition coefficient (Wildman–Crippen LogP) is 4.27. The molecule has 1 atom stereocenters. The first kappa shape index (κ1) is 14.6. The van der Waals surface area contributed by atoms with Crippen LogP contribution in [0.5, 0.6) is 0 Å². The Morgan fingerprint density at radius 2 is 2.26 bits per heavy atom. The van der Waals surface area contributed by atoms with Crippen LogP contribution in [0.1, 0.15) is 38.3 Å². The number of anilines is 1. The Balaban J connectivity index is 2.34. The van der Waals surface area contributed by atoms with Gasteiger partial charge in [-0.15, -0.1) is 6.58 Å². The van der Waals surface area contributed by atoms with Gasteiger partial charge >= 0.3 is 0 Å². The Morgan fingerprint density at radius 1 is 1.53 bits per heavy atom. The van der Waals surface area contributed by atoms with Gasteiger partial charge in [-0.3, -0.25) is 0 Å². The van der Waals surface area contributed by atoms with Crippen molar-refractivity contribution in [2.45, 2.75) is 38.8 Å². The number of nitrogens with one attached hydrogen (secondary N) is 1. The highest BCUT2D eigenvalue weighted by Crippen LogP contribution is 2.37. The third kappa shape index (κ3) is 3.61. The first-order chi connectivity index (χ1) is 9.17. The van der Waals surface area contributed by atoms with E-state index in [1.54, 1.807) is 0 Å². The molecule has 0 aliphatic heterocycles. The fourth-order valence-electron chi connectivity index (χ4n) is 2.52. The third-order valence-corrected chi connectivity index (χ3v) is 4.09. The Labute approximate surface area is 125 Å². The molecule has 1 saturated carbocycles. The summed E-state index contributed by atoms with van der Waals surface area (Å²) in [6.07, 6.45) is 4.60. The molecule has 0 radical (unpaired) electrons. The third-order valence-electron chi connectivity index (χ3n) is 3.59. The van der Waals surface area contributed by atoms with Crippen molar-refractivity contribution in [2.75, 3.05) is 18.0 Å². The summed E-state index contributed by atoms with van der Waals surface area (Å²) in [5.74, 6) is 0. The molecule has 0 aromatic heterocycles. The van der Waals surface area contributed by atoms with Gasteiger partial charge in [-0.05, 0) is 44.0 Å². The largest absolute Gasteiger partial charge is 0.365 e. The van der Waals surface area contributed by atoms with Crippen LogP contribution in [0, 0.1) is 0 Å². The standard InChI is InChI=1S/C16H23BrN2/c1-4-10-19(14-7-8-14)16-11-13(17)6-9-15(16)12(3)18-5-2/h4,6,9,11-12,14,18H,1,5,7-8,10H2,2-3H3. The summed E-state index contributed by atoms with van der Waals surface area (Å²) in [5.41, 5.74) is 2.71. The molecule has 1 aromatic rings. The molecule has 1 aliphatic carbocycles. The van der Waals surface area contributed by atoms with E-state index in [1.807, 2.05) is 6.08 Å². The van der Waals surface area contributed by atoms with Crippen LogP contribution in [0.4, 0.5) is 5.69 Å². The van der Waals surface area contributed by atoms with E-state index >= 15 is 0 Å². The number of halogens is 1. The normalized spacial score (nSPS) is 16.2. The average molecular weight is 323 g/mol. The molecule has 0 spiro atoms. The fraction of sp³-hybridized carbons (Fsp3) is 0.500. The summed E-state index contributed by atoms with van der Waals surface area (Å²) in [6.45, 7) is 10.2. The lowest BCUT2D eigenvalue weighted by Crippen LogP contribution is -2.28. The first-order valence-electron chi connectivity index (χ1n) is 7.07. The van der Waals surface area contributed by atoms with E-state index in [-0.39, 0.29) is 0 Å². The van der Waals surface area contributed by atoms with E-state index in [2.05, 4.69) is 64.8 Å². The smallest absolute Gasteiger partial charge is 0.0431 e. The van der Waals surface area contributed by atoms with Crippen molar-refractivity contribution < 1.29 is 0 Å². The van der Waals surface area contributed by atoms with Gasteiger partial charge in [0.2, 0.25) is 0 Å². The number of nitrogens with zero attached hydrogens (tertiary/aromatic N) is 1. The molecule has 0 amide bonds. The number of rotatable bonds is 7. The molecule has 1 unspecified atom stereocenters. The number of benzene rings is 1. The van der Waals surface area contributed by atoms with E-state index in [0.29, 0.717) is 12.1 Å². The van der Waals surface area contributed by atoms with Crippen LogP contribution in [0.2, 0.25) is 0 Å². The zero-order chi connectivity index (χ0) is 13.8. The summed E-state index contributed by atoms with van der Waals surface area (Å²) in [4.78, 5) is 2.49. The summed E-state index contributed by atoms with van der Waals surface area (Å²) >= 11 is 3.60. The van der Waals surface area contributed by atoms with Gasteiger partial charge in [0, 0.05) is 28.8 Å². The zero-order valence-corrected chi connectivity index (χ0v) is 13.4. The SMILES string of the molecule is C=CCN(c1cc(Br)ccc1C(C)NCC)C1CC1. The maximum atomic E-state index is 3.90. The zero-order valence-electron chi connectivity index (χ0n) is 11.8. The molecule has 0 saturated heterocycles. The molecular formula is C16H23BrN2. The lowest BCUT2D eigenvalue weighted by Gasteiger charge is -2.28. The molecule has 1 aliphatic rings. The van der Waals surface area contributed by atoms with Crippen molar-refractivity contribution in [3.63, 3.8) is 0 Å². The summed E-state index contributed by atoms with van der Waals surface area (Å²) in [7, 11) is 0. The molecule has 0 heterocycles. The monoisotopic (exact) mass is 322 g/mol. The quantitative estimate of drug-likeness (QED) is 0.754. The van der Waals surface area contributed by atoms with E-state index in [0.717, 1.165) is 17.6 Å². The van der Waals surface area contributed by atoms with E-state index in [9.17, 15) is 0 Å². The molecule has 2 rings (SSSR count). The molecule has 1 aromatic carbocycles. The van der Waals surface area contributed by atoms with Crippen LogP contribution < -0.4 is 10.2 Å². The van der Waals surface area contributed by atoms with Gasteiger partial charge < -0.3 is 10.2 Å². The maximum absolute atomic E-state index is 3.90. The van der Waals surface area contributed by atoms with Crippen LogP contribution in [-0.2, 0) is 0 Å². The predicted molar refractivity (Wildman–Crippen MR) is 86.8 cm³/mol. The van der Waals surface area contributed by atoms with E-state index in [1.165, 1.54) is 24.1 Å². The minimum Gasteiger partial charge on any atom is -0.365 e. The van der Waals surface area contributed by atoms with Crippen LogP contribution in [0.15, 0.2) is 35.3 Å². The van der Waals surface area contributed by atoms with Crippen LogP contribution in [0.3, 0.4) is 0 Å². The highest BCUT2D eigenvalue weighted by molar-refractivity contribution is 9.10. The Kier molecular flexibility index (Phi) is 5.06. The first-order valence-corrected chi connectivity index (χ1v) is 7.87. The highest BCUT2D eigenvalue weighted by Gasteiger charge is 2.30. The van der Waals surface area contributed by atoms with Crippen LogP contribution in [-0.4, -0.2) is 19.1 Å². The number of hydrogen-bond donors (Lipinski definition) is 1.